The van der Waals surface area contributed by atoms with Crippen LogP contribution in [0.15, 0.2) is 55.7 Å². The van der Waals surface area contributed by atoms with Crippen LogP contribution in [0.25, 0.3) is 0 Å². The Bertz CT molecular complexity index is 1010. The van der Waals surface area contributed by atoms with Crippen molar-refractivity contribution in [3.63, 3.8) is 0 Å². The van der Waals surface area contributed by atoms with E-state index in [4.69, 9.17) is 4.52 Å². The van der Waals surface area contributed by atoms with Crippen molar-refractivity contribution in [3.05, 3.63) is 56.9 Å². The fourth-order valence-electron chi connectivity index (χ4n) is 1.96. The predicted octanol–water partition coefficient (Wildman–Crippen LogP) is 3.86. The molecule has 10 heteroatoms. The minimum Gasteiger partial charge on any atom is -0.360 e. The van der Waals surface area contributed by atoms with E-state index >= 15 is 0 Å². The molecule has 1 amide bonds. The fraction of sp³-hybridized carbons (Fsp3) is 0.0667. The molecular weight excluding hydrogens is 430 g/mol. The summed E-state index contributed by atoms with van der Waals surface area (Å²) < 4.78 is 32.6. The van der Waals surface area contributed by atoms with Crippen LogP contribution in [-0.2, 0) is 10.0 Å². The van der Waals surface area contributed by atoms with Gasteiger partial charge in [-0.25, -0.2) is 8.42 Å². The van der Waals surface area contributed by atoms with E-state index in [-0.39, 0.29) is 16.6 Å². The van der Waals surface area contributed by atoms with E-state index in [1.54, 1.807) is 19.1 Å². The summed E-state index contributed by atoms with van der Waals surface area (Å²) in [5, 5.41) is 6.31. The van der Waals surface area contributed by atoms with Crippen LogP contribution in [0.1, 0.15) is 15.4 Å². The van der Waals surface area contributed by atoms with E-state index in [9.17, 15) is 13.2 Å². The van der Waals surface area contributed by atoms with Crippen molar-refractivity contribution in [2.45, 2.75) is 11.8 Å². The van der Waals surface area contributed by atoms with Gasteiger partial charge in [0.2, 0.25) is 0 Å². The Morgan fingerprint density at radius 3 is 2.48 bits per heavy atom. The maximum atomic E-state index is 12.3. The van der Waals surface area contributed by atoms with Crippen molar-refractivity contribution in [2.75, 3.05) is 10.0 Å². The normalized spacial score (nSPS) is 11.3. The van der Waals surface area contributed by atoms with Crippen molar-refractivity contribution >= 4 is 54.7 Å². The molecule has 0 spiro atoms. The van der Waals surface area contributed by atoms with Crippen LogP contribution >= 0.6 is 27.3 Å². The molecule has 0 saturated heterocycles. The fourth-order valence-corrected chi connectivity index (χ4v) is 4.22. The number of anilines is 2. The molecule has 2 aromatic heterocycles. The Labute approximate surface area is 156 Å². The van der Waals surface area contributed by atoms with Gasteiger partial charge in [0.05, 0.1) is 13.6 Å². The van der Waals surface area contributed by atoms with Gasteiger partial charge in [-0.05, 0) is 59.3 Å². The second-order valence-corrected chi connectivity index (χ2v) is 9.16. The van der Waals surface area contributed by atoms with Crippen molar-refractivity contribution in [1.82, 2.24) is 5.16 Å². The molecule has 7 nitrogen and oxygen atoms in total. The molecule has 3 aromatic rings. The Kier molecular flexibility index (Phi) is 4.93. The van der Waals surface area contributed by atoms with Gasteiger partial charge in [-0.15, -0.1) is 11.3 Å². The van der Waals surface area contributed by atoms with E-state index in [0.717, 1.165) is 3.79 Å². The molecule has 3 rings (SSSR count). The van der Waals surface area contributed by atoms with Crippen molar-refractivity contribution in [1.29, 1.82) is 0 Å². The third-order valence-corrected chi connectivity index (χ3v) is 6.08. The SMILES string of the molecule is Cc1cc(NS(=O)(=O)c2ccc(NC(=O)c3ccc(Br)s3)cc2)no1. The average Bonchev–Trinajstić information content (AvgIpc) is 3.16. The highest BCUT2D eigenvalue weighted by molar-refractivity contribution is 9.11. The van der Waals surface area contributed by atoms with Gasteiger partial charge < -0.3 is 9.84 Å². The van der Waals surface area contributed by atoms with E-state index < -0.39 is 10.0 Å². The smallest absolute Gasteiger partial charge is 0.265 e. The molecule has 25 heavy (non-hydrogen) atoms. The summed E-state index contributed by atoms with van der Waals surface area (Å²) in [6.07, 6.45) is 0. The number of rotatable bonds is 5. The number of sulfonamides is 1. The lowest BCUT2D eigenvalue weighted by atomic mass is 10.3. The lowest BCUT2D eigenvalue weighted by Crippen LogP contribution is -2.14. The number of hydrogen-bond donors (Lipinski definition) is 2. The third-order valence-electron chi connectivity index (χ3n) is 3.09. The van der Waals surface area contributed by atoms with Gasteiger partial charge in [0.25, 0.3) is 15.9 Å². The Morgan fingerprint density at radius 2 is 1.92 bits per heavy atom. The molecule has 0 aliphatic heterocycles. The molecule has 0 radical (unpaired) electrons. The summed E-state index contributed by atoms with van der Waals surface area (Å²) in [7, 11) is -3.78. The zero-order valence-corrected chi connectivity index (χ0v) is 16.0. The highest BCUT2D eigenvalue weighted by Gasteiger charge is 2.16. The molecule has 0 unspecified atom stereocenters. The first kappa shape index (κ1) is 17.6. The van der Waals surface area contributed by atoms with Crippen LogP contribution < -0.4 is 10.0 Å². The lowest BCUT2D eigenvalue weighted by Gasteiger charge is -2.07. The van der Waals surface area contributed by atoms with Crippen molar-refractivity contribution in [3.8, 4) is 0 Å². The molecule has 0 atom stereocenters. The van der Waals surface area contributed by atoms with Gasteiger partial charge in [-0.3, -0.25) is 9.52 Å². The molecule has 0 aliphatic rings. The molecule has 2 N–H and O–H groups in total. The summed E-state index contributed by atoms with van der Waals surface area (Å²) in [5.74, 6) is 0.344. The number of halogens is 1. The number of carbonyl (C=O) groups excluding carboxylic acids is 1. The Hall–Kier alpha value is -2.17. The van der Waals surface area contributed by atoms with Crippen LogP contribution in [0.5, 0.6) is 0 Å². The van der Waals surface area contributed by atoms with E-state index in [0.29, 0.717) is 16.3 Å². The number of aromatic nitrogens is 1. The quantitative estimate of drug-likeness (QED) is 0.625. The largest absolute Gasteiger partial charge is 0.360 e. The predicted molar refractivity (Wildman–Crippen MR) is 98.5 cm³/mol. The molecule has 0 saturated carbocycles. The molecule has 0 aliphatic carbocycles. The van der Waals surface area contributed by atoms with E-state index in [2.05, 4.69) is 31.1 Å². The van der Waals surface area contributed by atoms with Crippen LogP contribution in [0.3, 0.4) is 0 Å². The minimum absolute atomic E-state index is 0.0463. The Balaban J connectivity index is 1.72. The van der Waals surface area contributed by atoms with Gasteiger partial charge in [0.1, 0.15) is 5.76 Å². The molecule has 130 valence electrons. The number of aryl methyl sites for hydroxylation is 1. The molecule has 0 bridgehead atoms. The zero-order chi connectivity index (χ0) is 18.0. The van der Waals surface area contributed by atoms with E-state index in [1.807, 2.05) is 0 Å². The van der Waals surface area contributed by atoms with Crippen LogP contribution in [0.4, 0.5) is 11.5 Å². The van der Waals surface area contributed by atoms with Gasteiger partial charge >= 0.3 is 0 Å². The lowest BCUT2D eigenvalue weighted by molar-refractivity contribution is 0.103. The first-order chi connectivity index (χ1) is 11.8. The van der Waals surface area contributed by atoms with Crippen LogP contribution in [-0.4, -0.2) is 19.5 Å². The number of hydrogen-bond acceptors (Lipinski definition) is 6. The summed E-state index contributed by atoms with van der Waals surface area (Å²) >= 11 is 4.61. The standard InChI is InChI=1S/C15H12BrN3O4S2/c1-9-8-14(18-23-9)19-25(21,22)11-4-2-10(3-5-11)17-15(20)12-6-7-13(16)24-12/h2-8H,1H3,(H,17,20)(H,18,19). The number of amides is 1. The molecule has 1 aromatic carbocycles. The molecular formula is C15H12BrN3O4S2. The van der Waals surface area contributed by atoms with Crippen molar-refractivity contribution < 1.29 is 17.7 Å². The Morgan fingerprint density at radius 1 is 1.20 bits per heavy atom. The maximum absolute atomic E-state index is 12.3. The highest BCUT2D eigenvalue weighted by Crippen LogP contribution is 2.23. The van der Waals surface area contributed by atoms with Gasteiger partial charge in [0, 0.05) is 11.8 Å². The van der Waals surface area contributed by atoms with Gasteiger partial charge in [-0.2, -0.15) is 0 Å². The van der Waals surface area contributed by atoms with Gasteiger partial charge in [0.15, 0.2) is 5.82 Å². The first-order valence-electron chi connectivity index (χ1n) is 6.96. The maximum Gasteiger partial charge on any atom is 0.265 e. The summed E-state index contributed by atoms with van der Waals surface area (Å²) in [4.78, 5) is 12.7. The van der Waals surface area contributed by atoms with Crippen LogP contribution in [0.2, 0.25) is 0 Å². The number of nitrogens with one attached hydrogen (secondary N) is 2. The monoisotopic (exact) mass is 441 g/mol. The second-order valence-electron chi connectivity index (χ2n) is 5.01. The van der Waals surface area contributed by atoms with E-state index in [1.165, 1.54) is 41.7 Å². The number of nitrogens with zero attached hydrogens (tertiary/aromatic N) is 1. The summed E-state index contributed by atoms with van der Waals surface area (Å²) in [6, 6.07) is 10.8. The second kappa shape index (κ2) is 6.98. The number of carbonyl (C=O) groups is 1. The van der Waals surface area contributed by atoms with Crippen molar-refractivity contribution in [2.24, 2.45) is 0 Å². The minimum atomic E-state index is -3.78. The molecule has 2 heterocycles. The zero-order valence-electron chi connectivity index (χ0n) is 12.8. The topological polar surface area (TPSA) is 101 Å². The van der Waals surface area contributed by atoms with Gasteiger partial charge in [-0.1, -0.05) is 5.16 Å². The first-order valence-corrected chi connectivity index (χ1v) is 10.1. The third kappa shape index (κ3) is 4.27. The number of thiophene rings is 1. The molecule has 0 fully saturated rings. The highest BCUT2D eigenvalue weighted by atomic mass is 79.9. The average molecular weight is 442 g/mol. The number of benzene rings is 1. The summed E-state index contributed by atoms with van der Waals surface area (Å²) in [5.41, 5.74) is 0.491. The van der Waals surface area contributed by atoms with Crippen LogP contribution in [0, 0.1) is 6.92 Å². The summed E-state index contributed by atoms with van der Waals surface area (Å²) in [6.45, 7) is 1.66.